The van der Waals surface area contributed by atoms with Crippen LogP contribution in [0.2, 0.25) is 0 Å². The van der Waals surface area contributed by atoms with Crippen LogP contribution in [0.5, 0.6) is 11.5 Å². The number of hydrogen-bond donors (Lipinski definition) is 1. The van der Waals surface area contributed by atoms with Gasteiger partial charge in [0.1, 0.15) is 11.5 Å². The lowest BCUT2D eigenvalue weighted by molar-refractivity contribution is 0.207. The Hall–Kier alpha value is -2.93. The van der Waals surface area contributed by atoms with Crippen LogP contribution in [-0.2, 0) is 13.1 Å². The molecule has 7 heteroatoms. The molecule has 0 saturated carbocycles. The van der Waals surface area contributed by atoms with E-state index in [2.05, 4.69) is 5.32 Å². The first kappa shape index (κ1) is 17.9. The molecule has 3 aromatic rings. The molecule has 0 aliphatic carbocycles. The van der Waals surface area contributed by atoms with Gasteiger partial charge in [-0.2, -0.15) is 0 Å². The summed E-state index contributed by atoms with van der Waals surface area (Å²) in [5.74, 6) is 1.22. The number of methoxy groups -OCH3 is 2. The zero-order valence-electron chi connectivity index (χ0n) is 14.6. The van der Waals surface area contributed by atoms with E-state index in [1.54, 1.807) is 61.2 Å². The van der Waals surface area contributed by atoms with Gasteiger partial charge in [-0.3, -0.25) is 0 Å². The average Bonchev–Trinajstić information content (AvgIpc) is 3.34. The lowest BCUT2D eigenvalue weighted by Gasteiger charge is -2.22. The summed E-state index contributed by atoms with van der Waals surface area (Å²) in [6.07, 6.45) is 3.24. The summed E-state index contributed by atoms with van der Waals surface area (Å²) >= 11 is 1.61. The number of ether oxygens (including phenoxy) is 2. The Labute approximate surface area is 156 Å². The highest BCUT2D eigenvalue weighted by molar-refractivity contribution is 7.09. The summed E-state index contributed by atoms with van der Waals surface area (Å²) in [4.78, 5) is 15.7. The van der Waals surface area contributed by atoms with Crippen LogP contribution >= 0.6 is 11.3 Å². The molecule has 0 atom stereocenters. The van der Waals surface area contributed by atoms with Gasteiger partial charge >= 0.3 is 6.03 Å². The molecule has 3 rings (SSSR count). The predicted molar refractivity (Wildman–Crippen MR) is 101 cm³/mol. The molecule has 6 nitrogen and oxygen atoms in total. The highest BCUT2D eigenvalue weighted by Gasteiger charge is 2.17. The normalized spacial score (nSPS) is 10.4. The maximum atomic E-state index is 12.9. The zero-order chi connectivity index (χ0) is 18.4. The Morgan fingerprint density at radius 2 is 1.92 bits per heavy atom. The average molecular weight is 372 g/mol. The minimum Gasteiger partial charge on any atom is -0.497 e. The standard InChI is InChI=1S/C19H20N2O4S/c1-23-16-8-15(9-17(10-16)24-2)20-19(22)21(11-14-5-6-25-13-14)12-18-4-3-7-26-18/h3-10,13H,11-12H2,1-2H3,(H,20,22). The minimum atomic E-state index is -0.213. The Kier molecular flexibility index (Phi) is 5.80. The van der Waals surface area contributed by atoms with Crippen molar-refractivity contribution in [1.82, 2.24) is 4.90 Å². The zero-order valence-corrected chi connectivity index (χ0v) is 15.4. The van der Waals surface area contributed by atoms with Gasteiger partial charge in [0.2, 0.25) is 0 Å². The van der Waals surface area contributed by atoms with E-state index in [-0.39, 0.29) is 6.03 Å². The van der Waals surface area contributed by atoms with Gasteiger partial charge in [0.05, 0.1) is 39.8 Å². The molecule has 0 unspecified atom stereocenters. The number of nitrogens with zero attached hydrogens (tertiary/aromatic N) is 1. The molecule has 0 aliphatic heterocycles. The second-order valence-electron chi connectivity index (χ2n) is 5.60. The highest BCUT2D eigenvalue weighted by Crippen LogP contribution is 2.26. The first-order chi connectivity index (χ1) is 12.7. The molecule has 2 heterocycles. The first-order valence-corrected chi connectivity index (χ1v) is 8.88. The third kappa shape index (κ3) is 4.58. The molecular weight excluding hydrogens is 352 g/mol. The fourth-order valence-corrected chi connectivity index (χ4v) is 3.19. The van der Waals surface area contributed by atoms with Crippen LogP contribution in [0.1, 0.15) is 10.4 Å². The van der Waals surface area contributed by atoms with E-state index in [0.717, 1.165) is 10.4 Å². The van der Waals surface area contributed by atoms with Crippen molar-refractivity contribution in [3.05, 3.63) is 64.7 Å². The van der Waals surface area contributed by atoms with E-state index < -0.39 is 0 Å². The number of carbonyl (C=O) groups is 1. The largest absolute Gasteiger partial charge is 0.497 e. The van der Waals surface area contributed by atoms with Crippen LogP contribution in [-0.4, -0.2) is 25.2 Å². The molecule has 2 aromatic heterocycles. The van der Waals surface area contributed by atoms with Crippen molar-refractivity contribution in [1.29, 1.82) is 0 Å². The van der Waals surface area contributed by atoms with Crippen LogP contribution in [0.25, 0.3) is 0 Å². The lowest BCUT2D eigenvalue weighted by Crippen LogP contribution is -2.33. The number of amides is 2. The Bertz CT molecular complexity index is 773. The van der Waals surface area contributed by atoms with Gasteiger partial charge in [-0.05, 0) is 17.5 Å². The van der Waals surface area contributed by atoms with Gasteiger partial charge in [0.25, 0.3) is 0 Å². The van der Waals surface area contributed by atoms with Crippen LogP contribution in [0.15, 0.2) is 58.7 Å². The van der Waals surface area contributed by atoms with Crippen LogP contribution < -0.4 is 14.8 Å². The number of anilines is 1. The van der Waals surface area contributed by atoms with E-state index in [1.807, 2.05) is 23.6 Å². The molecule has 0 bridgehead atoms. The van der Waals surface area contributed by atoms with Crippen molar-refractivity contribution >= 4 is 23.1 Å². The molecule has 26 heavy (non-hydrogen) atoms. The van der Waals surface area contributed by atoms with Crippen LogP contribution in [0, 0.1) is 0 Å². The number of thiophene rings is 1. The molecule has 0 fully saturated rings. The predicted octanol–water partition coefficient (Wildman–Crippen LogP) is 4.59. The Morgan fingerprint density at radius 1 is 1.15 bits per heavy atom. The van der Waals surface area contributed by atoms with E-state index in [9.17, 15) is 4.79 Å². The number of rotatable bonds is 7. The first-order valence-electron chi connectivity index (χ1n) is 8.00. The van der Waals surface area contributed by atoms with Crippen molar-refractivity contribution in [3.8, 4) is 11.5 Å². The quantitative estimate of drug-likeness (QED) is 0.659. The van der Waals surface area contributed by atoms with E-state index >= 15 is 0 Å². The third-order valence-corrected chi connectivity index (χ3v) is 4.63. The monoisotopic (exact) mass is 372 g/mol. The fraction of sp³-hybridized carbons (Fsp3) is 0.211. The van der Waals surface area contributed by atoms with E-state index in [1.165, 1.54) is 0 Å². The molecule has 1 N–H and O–H groups in total. The van der Waals surface area contributed by atoms with Gasteiger partial charge < -0.3 is 24.1 Å². The summed E-state index contributed by atoms with van der Waals surface area (Å²) in [5, 5.41) is 4.91. The van der Waals surface area contributed by atoms with Crippen molar-refractivity contribution in [2.75, 3.05) is 19.5 Å². The topological polar surface area (TPSA) is 63.9 Å². The summed E-state index contributed by atoms with van der Waals surface area (Å²) < 4.78 is 15.6. The molecular formula is C19H20N2O4S. The Balaban J connectivity index is 1.78. The van der Waals surface area contributed by atoms with Crippen molar-refractivity contribution in [2.45, 2.75) is 13.1 Å². The lowest BCUT2D eigenvalue weighted by atomic mass is 10.2. The summed E-state index contributed by atoms with van der Waals surface area (Å²) in [6.45, 7) is 0.955. The molecule has 0 saturated heterocycles. The number of benzene rings is 1. The van der Waals surface area contributed by atoms with Gasteiger partial charge in [0, 0.05) is 34.3 Å². The van der Waals surface area contributed by atoms with E-state index in [0.29, 0.717) is 30.3 Å². The van der Waals surface area contributed by atoms with E-state index in [4.69, 9.17) is 13.9 Å². The van der Waals surface area contributed by atoms with Crippen LogP contribution in [0.4, 0.5) is 10.5 Å². The number of furan rings is 1. The van der Waals surface area contributed by atoms with Gasteiger partial charge in [-0.25, -0.2) is 4.79 Å². The SMILES string of the molecule is COc1cc(NC(=O)N(Cc2ccoc2)Cc2cccs2)cc(OC)c1. The van der Waals surface area contributed by atoms with Crippen molar-refractivity contribution in [3.63, 3.8) is 0 Å². The molecule has 0 aliphatic rings. The number of hydrogen-bond acceptors (Lipinski definition) is 5. The molecule has 136 valence electrons. The maximum absolute atomic E-state index is 12.9. The van der Waals surface area contributed by atoms with Crippen LogP contribution in [0.3, 0.4) is 0 Å². The maximum Gasteiger partial charge on any atom is 0.322 e. The summed E-state index contributed by atoms with van der Waals surface area (Å²) in [5.41, 5.74) is 1.54. The molecule has 0 spiro atoms. The number of urea groups is 1. The van der Waals surface area contributed by atoms with Gasteiger partial charge in [-0.1, -0.05) is 6.07 Å². The molecule has 2 amide bonds. The number of nitrogens with one attached hydrogen (secondary N) is 1. The second kappa shape index (κ2) is 8.44. The fourth-order valence-electron chi connectivity index (χ4n) is 2.48. The summed E-state index contributed by atoms with van der Waals surface area (Å²) in [7, 11) is 3.14. The molecule has 1 aromatic carbocycles. The van der Waals surface area contributed by atoms with Gasteiger partial charge in [-0.15, -0.1) is 11.3 Å². The smallest absolute Gasteiger partial charge is 0.322 e. The second-order valence-corrected chi connectivity index (χ2v) is 6.63. The Morgan fingerprint density at radius 3 is 2.50 bits per heavy atom. The number of carbonyl (C=O) groups excluding carboxylic acids is 1. The molecule has 0 radical (unpaired) electrons. The van der Waals surface area contributed by atoms with Crippen molar-refractivity contribution < 1.29 is 18.7 Å². The highest BCUT2D eigenvalue weighted by atomic mass is 32.1. The van der Waals surface area contributed by atoms with Gasteiger partial charge in [0.15, 0.2) is 0 Å². The van der Waals surface area contributed by atoms with Crippen molar-refractivity contribution in [2.24, 2.45) is 0 Å². The third-order valence-electron chi connectivity index (χ3n) is 3.77. The summed E-state index contributed by atoms with van der Waals surface area (Å²) in [6, 6.07) is 10.9. The minimum absolute atomic E-state index is 0.213.